The van der Waals surface area contributed by atoms with E-state index in [1.807, 2.05) is 6.07 Å². The molecule has 0 spiro atoms. The zero-order valence-electron chi connectivity index (χ0n) is 12.5. The van der Waals surface area contributed by atoms with Crippen molar-refractivity contribution in [2.45, 2.75) is 38.4 Å². The smallest absolute Gasteiger partial charge is 0.0852 e. The first-order valence-electron chi connectivity index (χ1n) is 7.65. The summed E-state index contributed by atoms with van der Waals surface area (Å²) >= 11 is 0. The van der Waals surface area contributed by atoms with Crippen LogP contribution in [0.15, 0.2) is 48.5 Å². The number of hydrogen-bond acceptors (Lipinski definition) is 2. The highest BCUT2D eigenvalue weighted by molar-refractivity contribution is 5.31. The Kier molecular flexibility index (Phi) is 4.37. The fourth-order valence-electron chi connectivity index (χ4n) is 3.00. The monoisotopic (exact) mass is 282 g/mol. The predicted molar refractivity (Wildman–Crippen MR) is 84.3 cm³/mol. The molecule has 2 unspecified atom stereocenters. The summed E-state index contributed by atoms with van der Waals surface area (Å²) in [6, 6.07) is 16.8. The number of aryl methyl sites for hydroxylation is 1. The van der Waals surface area contributed by atoms with Gasteiger partial charge in [0, 0.05) is 6.42 Å². The minimum atomic E-state index is -0.371. The van der Waals surface area contributed by atoms with Gasteiger partial charge in [0.05, 0.1) is 18.8 Å². The van der Waals surface area contributed by atoms with Crippen LogP contribution in [0.4, 0.5) is 0 Å². The molecule has 21 heavy (non-hydrogen) atoms. The molecular weight excluding hydrogens is 260 g/mol. The SMILES string of the molecule is Cc1ccc(CC(O)CC2OCCc3ccccc32)cc1. The second-order valence-electron chi connectivity index (χ2n) is 5.89. The van der Waals surface area contributed by atoms with E-state index in [4.69, 9.17) is 4.74 Å². The highest BCUT2D eigenvalue weighted by Gasteiger charge is 2.23. The van der Waals surface area contributed by atoms with E-state index in [1.54, 1.807) is 0 Å². The molecule has 3 rings (SSSR count). The third-order valence-electron chi connectivity index (χ3n) is 4.17. The maximum Gasteiger partial charge on any atom is 0.0852 e. The van der Waals surface area contributed by atoms with Gasteiger partial charge in [-0.3, -0.25) is 0 Å². The van der Waals surface area contributed by atoms with E-state index in [-0.39, 0.29) is 12.2 Å². The van der Waals surface area contributed by atoms with Crippen LogP contribution in [-0.4, -0.2) is 17.8 Å². The van der Waals surface area contributed by atoms with E-state index in [2.05, 4.69) is 49.4 Å². The largest absolute Gasteiger partial charge is 0.393 e. The predicted octanol–water partition coefficient (Wildman–Crippen LogP) is 3.60. The van der Waals surface area contributed by atoms with Crippen molar-refractivity contribution in [1.29, 1.82) is 0 Å². The van der Waals surface area contributed by atoms with Crippen molar-refractivity contribution in [3.63, 3.8) is 0 Å². The Morgan fingerprint density at radius 2 is 1.90 bits per heavy atom. The molecule has 0 radical (unpaired) electrons. The quantitative estimate of drug-likeness (QED) is 0.928. The van der Waals surface area contributed by atoms with Gasteiger partial charge in [-0.25, -0.2) is 0 Å². The van der Waals surface area contributed by atoms with Crippen molar-refractivity contribution in [1.82, 2.24) is 0 Å². The standard InChI is InChI=1S/C19H22O2/c1-14-6-8-15(9-7-14)12-17(20)13-19-18-5-3-2-4-16(18)10-11-21-19/h2-9,17,19-20H,10-13H2,1H3. The summed E-state index contributed by atoms with van der Waals surface area (Å²) in [7, 11) is 0. The van der Waals surface area contributed by atoms with Crippen LogP contribution < -0.4 is 0 Å². The van der Waals surface area contributed by atoms with Gasteiger partial charge in [0.2, 0.25) is 0 Å². The van der Waals surface area contributed by atoms with E-state index in [9.17, 15) is 5.11 Å². The van der Waals surface area contributed by atoms with Crippen LogP contribution in [0.25, 0.3) is 0 Å². The van der Waals surface area contributed by atoms with Gasteiger partial charge in [-0.2, -0.15) is 0 Å². The molecule has 2 atom stereocenters. The lowest BCUT2D eigenvalue weighted by Gasteiger charge is -2.27. The molecule has 110 valence electrons. The number of aliphatic hydroxyl groups excluding tert-OH is 1. The molecule has 0 amide bonds. The zero-order valence-corrected chi connectivity index (χ0v) is 12.5. The fraction of sp³-hybridized carbons (Fsp3) is 0.368. The van der Waals surface area contributed by atoms with Crippen molar-refractivity contribution in [3.8, 4) is 0 Å². The molecule has 1 aliphatic heterocycles. The average Bonchev–Trinajstić information content (AvgIpc) is 2.50. The Bertz CT molecular complexity index is 589. The van der Waals surface area contributed by atoms with Crippen molar-refractivity contribution in [2.24, 2.45) is 0 Å². The number of aliphatic hydroxyl groups is 1. The van der Waals surface area contributed by atoms with Crippen LogP contribution in [0, 0.1) is 6.92 Å². The lowest BCUT2D eigenvalue weighted by atomic mass is 9.92. The minimum Gasteiger partial charge on any atom is -0.393 e. The number of rotatable bonds is 4. The van der Waals surface area contributed by atoms with E-state index in [0.29, 0.717) is 12.8 Å². The van der Waals surface area contributed by atoms with Gasteiger partial charge in [-0.15, -0.1) is 0 Å². The second kappa shape index (κ2) is 6.42. The molecule has 0 aliphatic carbocycles. The normalized spacial score (nSPS) is 19.0. The van der Waals surface area contributed by atoms with Gasteiger partial charge in [0.15, 0.2) is 0 Å². The van der Waals surface area contributed by atoms with Crippen LogP contribution in [0.3, 0.4) is 0 Å². The Labute approximate surface area is 126 Å². The Balaban J connectivity index is 1.65. The van der Waals surface area contributed by atoms with Gasteiger partial charge in [0.1, 0.15) is 0 Å². The molecular formula is C19H22O2. The van der Waals surface area contributed by atoms with Gasteiger partial charge in [-0.05, 0) is 36.5 Å². The zero-order chi connectivity index (χ0) is 14.7. The van der Waals surface area contributed by atoms with Crippen molar-refractivity contribution in [2.75, 3.05) is 6.61 Å². The van der Waals surface area contributed by atoms with E-state index in [0.717, 1.165) is 13.0 Å². The number of fused-ring (bicyclic) bond motifs is 1. The molecule has 0 saturated carbocycles. The van der Waals surface area contributed by atoms with E-state index >= 15 is 0 Å². The fourth-order valence-corrected chi connectivity index (χ4v) is 3.00. The lowest BCUT2D eigenvalue weighted by molar-refractivity contribution is 0.00456. The molecule has 1 heterocycles. The Morgan fingerprint density at radius 3 is 2.71 bits per heavy atom. The molecule has 2 heteroatoms. The average molecular weight is 282 g/mol. The summed E-state index contributed by atoms with van der Waals surface area (Å²) in [4.78, 5) is 0. The first kappa shape index (κ1) is 14.3. The van der Waals surface area contributed by atoms with Crippen molar-refractivity contribution >= 4 is 0 Å². The summed E-state index contributed by atoms with van der Waals surface area (Å²) in [6.45, 7) is 2.83. The minimum absolute atomic E-state index is 0.0235. The lowest BCUT2D eigenvalue weighted by Crippen LogP contribution is -2.22. The molecule has 0 saturated heterocycles. The summed E-state index contributed by atoms with van der Waals surface area (Å²) < 4.78 is 5.87. The summed E-state index contributed by atoms with van der Waals surface area (Å²) in [5.41, 5.74) is 5.03. The number of benzene rings is 2. The van der Waals surface area contributed by atoms with Gasteiger partial charge < -0.3 is 9.84 Å². The maximum absolute atomic E-state index is 10.4. The number of hydrogen-bond donors (Lipinski definition) is 1. The summed E-state index contributed by atoms with van der Waals surface area (Å²) in [5.74, 6) is 0. The number of ether oxygens (including phenoxy) is 1. The van der Waals surface area contributed by atoms with E-state index in [1.165, 1.54) is 22.3 Å². The first-order chi connectivity index (χ1) is 10.2. The van der Waals surface area contributed by atoms with Gasteiger partial charge >= 0.3 is 0 Å². The Hall–Kier alpha value is -1.64. The molecule has 2 aromatic carbocycles. The molecule has 0 bridgehead atoms. The molecule has 1 aliphatic rings. The molecule has 0 fully saturated rings. The summed E-state index contributed by atoms with van der Waals surface area (Å²) in [6.07, 6.45) is 1.97. The first-order valence-corrected chi connectivity index (χ1v) is 7.65. The summed E-state index contributed by atoms with van der Waals surface area (Å²) in [5, 5.41) is 10.4. The van der Waals surface area contributed by atoms with Crippen LogP contribution in [0.5, 0.6) is 0 Å². The van der Waals surface area contributed by atoms with Gasteiger partial charge in [0.25, 0.3) is 0 Å². The maximum atomic E-state index is 10.4. The molecule has 2 aromatic rings. The molecule has 0 aromatic heterocycles. The van der Waals surface area contributed by atoms with Gasteiger partial charge in [-0.1, -0.05) is 54.1 Å². The second-order valence-corrected chi connectivity index (χ2v) is 5.89. The third kappa shape index (κ3) is 3.52. The highest BCUT2D eigenvalue weighted by atomic mass is 16.5. The topological polar surface area (TPSA) is 29.5 Å². The van der Waals surface area contributed by atoms with Crippen LogP contribution in [-0.2, 0) is 17.6 Å². The third-order valence-corrected chi connectivity index (χ3v) is 4.17. The van der Waals surface area contributed by atoms with Crippen LogP contribution in [0.1, 0.15) is 34.8 Å². The molecule has 2 nitrogen and oxygen atoms in total. The van der Waals surface area contributed by atoms with Crippen LogP contribution in [0.2, 0.25) is 0 Å². The van der Waals surface area contributed by atoms with Crippen LogP contribution >= 0.6 is 0 Å². The van der Waals surface area contributed by atoms with Crippen molar-refractivity contribution in [3.05, 3.63) is 70.8 Å². The van der Waals surface area contributed by atoms with Crippen molar-refractivity contribution < 1.29 is 9.84 Å². The highest BCUT2D eigenvalue weighted by Crippen LogP contribution is 2.31. The molecule has 1 N–H and O–H groups in total. The Morgan fingerprint density at radius 1 is 1.14 bits per heavy atom. The van der Waals surface area contributed by atoms with E-state index < -0.39 is 0 Å².